The van der Waals surface area contributed by atoms with Crippen LogP contribution >= 0.6 is 15.9 Å². The Hall–Kier alpha value is -1.57. The molecule has 1 N–H and O–H groups in total. The van der Waals surface area contributed by atoms with Crippen LogP contribution in [-0.2, 0) is 4.74 Å². The number of nitrogens with one attached hydrogen (secondary N) is 1. The monoisotopic (exact) mass is 425 g/mol. The molecule has 0 spiro atoms. The number of hydrogen-bond acceptors (Lipinski definition) is 6. The average Bonchev–Trinajstić information content (AvgIpc) is 3.08. The fourth-order valence-electron chi connectivity index (χ4n) is 3.40. The van der Waals surface area contributed by atoms with Crippen LogP contribution < -0.4 is 10.2 Å². The lowest BCUT2D eigenvalue weighted by atomic mass is 10.1. The van der Waals surface area contributed by atoms with E-state index in [4.69, 9.17) is 4.74 Å². The van der Waals surface area contributed by atoms with Gasteiger partial charge in [0.25, 0.3) is 0 Å². The first kappa shape index (κ1) is 19.2. The van der Waals surface area contributed by atoms with Gasteiger partial charge < -0.3 is 19.9 Å². The van der Waals surface area contributed by atoms with E-state index in [0.29, 0.717) is 11.1 Å². The fourth-order valence-corrected chi connectivity index (χ4v) is 3.68. The van der Waals surface area contributed by atoms with E-state index in [1.165, 1.54) is 12.8 Å². The zero-order valence-corrected chi connectivity index (χ0v) is 17.4. The topological polar surface area (TPSA) is 70.6 Å². The van der Waals surface area contributed by atoms with Gasteiger partial charge in [-0.25, -0.2) is 14.8 Å². The fraction of sp³-hybridized carbons (Fsp3) is 0.722. The number of rotatable bonds is 3. The van der Waals surface area contributed by atoms with Crippen molar-refractivity contribution in [2.75, 3.05) is 36.4 Å². The third-order valence-corrected chi connectivity index (χ3v) is 4.93. The molecule has 2 aliphatic rings. The van der Waals surface area contributed by atoms with Crippen molar-refractivity contribution >= 4 is 33.7 Å². The van der Waals surface area contributed by atoms with Crippen LogP contribution in [0.15, 0.2) is 10.8 Å². The minimum Gasteiger partial charge on any atom is -0.444 e. The SMILES string of the molecule is CC(C)(C)OC(=O)N1CCCC(Nc2nc(Br)cnc2N2CCCC2)C1. The first-order chi connectivity index (χ1) is 12.3. The van der Waals surface area contributed by atoms with Crippen LogP contribution in [0.25, 0.3) is 0 Å². The molecule has 0 aliphatic carbocycles. The van der Waals surface area contributed by atoms with Gasteiger partial charge in [0.2, 0.25) is 0 Å². The van der Waals surface area contributed by atoms with Gasteiger partial charge in [0.05, 0.1) is 6.20 Å². The summed E-state index contributed by atoms with van der Waals surface area (Å²) >= 11 is 3.42. The Morgan fingerprint density at radius 1 is 1.27 bits per heavy atom. The van der Waals surface area contributed by atoms with Gasteiger partial charge in [-0.15, -0.1) is 0 Å². The van der Waals surface area contributed by atoms with E-state index in [1.807, 2.05) is 20.8 Å². The molecule has 1 aromatic rings. The van der Waals surface area contributed by atoms with Gasteiger partial charge in [0, 0.05) is 32.2 Å². The minimum absolute atomic E-state index is 0.140. The van der Waals surface area contributed by atoms with Gasteiger partial charge in [-0.3, -0.25) is 0 Å². The van der Waals surface area contributed by atoms with Crippen LogP contribution in [0.5, 0.6) is 0 Å². The second kappa shape index (κ2) is 7.98. The van der Waals surface area contributed by atoms with Crippen LogP contribution in [0, 0.1) is 0 Å². The number of nitrogens with zero attached hydrogens (tertiary/aromatic N) is 4. The number of halogens is 1. The molecule has 1 aromatic heterocycles. The van der Waals surface area contributed by atoms with Gasteiger partial charge in [-0.05, 0) is 62.4 Å². The van der Waals surface area contributed by atoms with E-state index < -0.39 is 5.60 Å². The van der Waals surface area contributed by atoms with E-state index in [1.54, 1.807) is 11.1 Å². The summed E-state index contributed by atoms with van der Waals surface area (Å²) < 4.78 is 6.23. The van der Waals surface area contributed by atoms with Crippen molar-refractivity contribution in [3.63, 3.8) is 0 Å². The van der Waals surface area contributed by atoms with E-state index >= 15 is 0 Å². The Labute approximate surface area is 163 Å². The second-order valence-electron chi connectivity index (χ2n) is 7.97. The number of amides is 1. The maximum atomic E-state index is 12.4. The van der Waals surface area contributed by atoms with Crippen LogP contribution in [0.3, 0.4) is 0 Å². The van der Waals surface area contributed by atoms with Gasteiger partial charge in [-0.2, -0.15) is 0 Å². The zero-order valence-electron chi connectivity index (χ0n) is 15.8. The first-order valence-electron chi connectivity index (χ1n) is 9.34. The largest absolute Gasteiger partial charge is 0.444 e. The van der Waals surface area contributed by atoms with Gasteiger partial charge in [-0.1, -0.05) is 0 Å². The highest BCUT2D eigenvalue weighted by molar-refractivity contribution is 9.10. The Morgan fingerprint density at radius 3 is 2.69 bits per heavy atom. The lowest BCUT2D eigenvalue weighted by Crippen LogP contribution is -2.47. The smallest absolute Gasteiger partial charge is 0.410 e. The summed E-state index contributed by atoms with van der Waals surface area (Å²) in [7, 11) is 0. The van der Waals surface area contributed by atoms with Gasteiger partial charge in [0.15, 0.2) is 11.6 Å². The third kappa shape index (κ3) is 4.99. The normalized spacial score (nSPS) is 21.0. The predicted molar refractivity (Wildman–Crippen MR) is 106 cm³/mol. The number of carbonyl (C=O) groups excluding carboxylic acids is 1. The molecule has 3 heterocycles. The summed E-state index contributed by atoms with van der Waals surface area (Å²) in [6, 6.07) is 0.140. The molecule has 1 atom stereocenters. The number of ether oxygens (including phenoxy) is 1. The number of aromatic nitrogens is 2. The number of anilines is 2. The summed E-state index contributed by atoms with van der Waals surface area (Å²) in [4.78, 5) is 25.6. The number of carbonyl (C=O) groups is 1. The maximum Gasteiger partial charge on any atom is 0.410 e. The summed E-state index contributed by atoms with van der Waals surface area (Å²) in [5, 5.41) is 3.52. The number of piperidine rings is 1. The average molecular weight is 426 g/mol. The molecule has 1 unspecified atom stereocenters. The molecule has 0 aromatic carbocycles. The molecule has 26 heavy (non-hydrogen) atoms. The molecule has 8 heteroatoms. The van der Waals surface area contributed by atoms with Gasteiger partial charge >= 0.3 is 6.09 Å². The summed E-state index contributed by atoms with van der Waals surface area (Å²) in [6.07, 6.45) is 5.81. The molecular formula is C18H28BrN5O2. The van der Waals surface area contributed by atoms with Crippen molar-refractivity contribution in [2.45, 2.75) is 58.1 Å². The molecule has 0 radical (unpaired) electrons. The summed E-state index contributed by atoms with van der Waals surface area (Å²) in [5.74, 6) is 1.69. The molecular weight excluding hydrogens is 398 g/mol. The maximum absolute atomic E-state index is 12.4. The molecule has 3 rings (SSSR count). The van der Waals surface area contributed by atoms with Crippen LogP contribution in [0.1, 0.15) is 46.5 Å². The van der Waals surface area contributed by atoms with Gasteiger partial charge in [0.1, 0.15) is 10.2 Å². The molecule has 2 aliphatic heterocycles. The summed E-state index contributed by atoms with van der Waals surface area (Å²) in [6.45, 7) is 9.05. The number of hydrogen-bond donors (Lipinski definition) is 1. The minimum atomic E-state index is -0.476. The predicted octanol–water partition coefficient (Wildman–Crippen LogP) is 3.65. The van der Waals surface area contributed by atoms with E-state index in [0.717, 1.165) is 44.1 Å². The quantitative estimate of drug-likeness (QED) is 0.796. The molecule has 144 valence electrons. The van der Waals surface area contributed by atoms with Crippen molar-refractivity contribution < 1.29 is 9.53 Å². The van der Waals surface area contributed by atoms with Crippen molar-refractivity contribution in [3.05, 3.63) is 10.8 Å². The Bertz CT molecular complexity index is 643. The van der Waals surface area contributed by atoms with E-state index in [9.17, 15) is 4.79 Å². The van der Waals surface area contributed by atoms with Crippen molar-refractivity contribution in [1.29, 1.82) is 0 Å². The second-order valence-corrected chi connectivity index (χ2v) is 8.78. The number of likely N-dealkylation sites (tertiary alicyclic amines) is 1. The van der Waals surface area contributed by atoms with E-state index in [2.05, 4.69) is 36.1 Å². The molecule has 0 saturated carbocycles. The molecule has 1 amide bonds. The highest BCUT2D eigenvalue weighted by atomic mass is 79.9. The van der Waals surface area contributed by atoms with Crippen LogP contribution in [0.2, 0.25) is 0 Å². The summed E-state index contributed by atoms with van der Waals surface area (Å²) in [5.41, 5.74) is -0.476. The highest BCUT2D eigenvalue weighted by Gasteiger charge is 2.29. The standard InChI is InChI=1S/C18H28BrN5O2/c1-18(2,3)26-17(25)24-10-6-7-13(12-24)21-15-16(20-11-14(19)22-15)23-8-4-5-9-23/h11,13H,4-10,12H2,1-3H3,(H,21,22). The molecule has 2 fully saturated rings. The first-order valence-corrected chi connectivity index (χ1v) is 10.1. The van der Waals surface area contributed by atoms with Crippen molar-refractivity contribution in [3.8, 4) is 0 Å². The van der Waals surface area contributed by atoms with Crippen LogP contribution in [0.4, 0.5) is 16.4 Å². The van der Waals surface area contributed by atoms with Crippen LogP contribution in [-0.4, -0.2) is 58.8 Å². The zero-order chi connectivity index (χ0) is 18.7. The highest BCUT2D eigenvalue weighted by Crippen LogP contribution is 2.28. The molecule has 2 saturated heterocycles. The molecule has 7 nitrogen and oxygen atoms in total. The van der Waals surface area contributed by atoms with E-state index in [-0.39, 0.29) is 12.1 Å². The Morgan fingerprint density at radius 2 is 2.00 bits per heavy atom. The molecule has 0 bridgehead atoms. The lowest BCUT2D eigenvalue weighted by molar-refractivity contribution is 0.0206. The Balaban J connectivity index is 1.68. The third-order valence-electron chi connectivity index (χ3n) is 4.54. The van der Waals surface area contributed by atoms with Crippen molar-refractivity contribution in [2.24, 2.45) is 0 Å². The lowest BCUT2D eigenvalue weighted by Gasteiger charge is -2.35. The Kier molecular flexibility index (Phi) is 5.89. The van der Waals surface area contributed by atoms with Crippen molar-refractivity contribution in [1.82, 2.24) is 14.9 Å².